The number of carbonyl (C=O) groups is 2. The first-order chi connectivity index (χ1) is 9.98. The van der Waals surface area contributed by atoms with E-state index in [0.717, 1.165) is 29.3 Å². The van der Waals surface area contributed by atoms with Gasteiger partial charge in [-0.3, -0.25) is 9.59 Å². The molecular formula is C16H20BrNO3. The lowest BCUT2D eigenvalue weighted by atomic mass is 9.94. The predicted molar refractivity (Wildman–Crippen MR) is 84.1 cm³/mol. The van der Waals surface area contributed by atoms with Gasteiger partial charge in [0.2, 0.25) is 5.91 Å². The molecule has 1 aromatic carbocycles. The van der Waals surface area contributed by atoms with E-state index in [2.05, 4.69) is 21.2 Å². The number of amides is 1. The number of carboxylic acid groups (broad SMARTS) is 1. The van der Waals surface area contributed by atoms with Gasteiger partial charge in [0.25, 0.3) is 0 Å². The lowest BCUT2D eigenvalue weighted by Gasteiger charge is -2.21. The number of hydrogen-bond donors (Lipinski definition) is 2. The number of halogens is 1. The first-order valence-corrected chi connectivity index (χ1v) is 8.06. The van der Waals surface area contributed by atoms with Crippen molar-refractivity contribution in [2.24, 2.45) is 0 Å². The smallest absolute Gasteiger partial charge is 0.305 e. The third-order valence-corrected chi connectivity index (χ3v) is 4.50. The van der Waals surface area contributed by atoms with Crippen LogP contribution < -0.4 is 5.32 Å². The van der Waals surface area contributed by atoms with E-state index in [4.69, 9.17) is 5.11 Å². The molecule has 4 nitrogen and oxygen atoms in total. The van der Waals surface area contributed by atoms with Crippen LogP contribution in [0.2, 0.25) is 0 Å². The number of aliphatic carboxylic acids is 1. The van der Waals surface area contributed by atoms with E-state index >= 15 is 0 Å². The van der Waals surface area contributed by atoms with Crippen molar-refractivity contribution in [2.45, 2.75) is 50.5 Å². The van der Waals surface area contributed by atoms with Gasteiger partial charge in [-0.1, -0.05) is 41.4 Å². The van der Waals surface area contributed by atoms with Gasteiger partial charge >= 0.3 is 5.97 Å². The van der Waals surface area contributed by atoms with Crippen LogP contribution in [-0.4, -0.2) is 23.0 Å². The molecule has 0 aliphatic heterocycles. The SMILES string of the molecule is CCCC(CC(=O)O)NC(=O)C1(c2ccc(Br)cc2)CC1. The molecule has 1 aromatic rings. The molecule has 1 saturated carbocycles. The Morgan fingerprint density at radius 3 is 2.43 bits per heavy atom. The summed E-state index contributed by atoms with van der Waals surface area (Å²) in [6.45, 7) is 1.99. The van der Waals surface area contributed by atoms with Gasteiger partial charge < -0.3 is 10.4 Å². The van der Waals surface area contributed by atoms with Crippen LogP contribution in [0.3, 0.4) is 0 Å². The average Bonchev–Trinajstić information content (AvgIpc) is 3.20. The minimum Gasteiger partial charge on any atom is -0.481 e. The minimum absolute atomic E-state index is 0.0179. The van der Waals surface area contributed by atoms with Gasteiger partial charge in [-0.2, -0.15) is 0 Å². The van der Waals surface area contributed by atoms with Gasteiger partial charge in [0, 0.05) is 10.5 Å². The molecule has 2 rings (SSSR count). The van der Waals surface area contributed by atoms with Crippen molar-refractivity contribution in [2.75, 3.05) is 0 Å². The topological polar surface area (TPSA) is 66.4 Å². The molecule has 114 valence electrons. The zero-order chi connectivity index (χ0) is 15.5. The zero-order valence-corrected chi connectivity index (χ0v) is 13.6. The maximum absolute atomic E-state index is 12.6. The van der Waals surface area contributed by atoms with Crippen LogP contribution in [0.5, 0.6) is 0 Å². The van der Waals surface area contributed by atoms with Crippen LogP contribution in [0.1, 0.15) is 44.6 Å². The van der Waals surface area contributed by atoms with E-state index in [-0.39, 0.29) is 18.4 Å². The molecule has 1 fully saturated rings. The lowest BCUT2D eigenvalue weighted by molar-refractivity contribution is -0.137. The predicted octanol–water partition coefficient (Wildman–Crippen LogP) is 3.24. The monoisotopic (exact) mass is 353 g/mol. The highest BCUT2D eigenvalue weighted by Crippen LogP contribution is 2.48. The minimum atomic E-state index is -0.873. The Morgan fingerprint density at radius 1 is 1.33 bits per heavy atom. The summed E-state index contributed by atoms with van der Waals surface area (Å²) < 4.78 is 0.984. The van der Waals surface area contributed by atoms with Crippen molar-refractivity contribution >= 4 is 27.8 Å². The van der Waals surface area contributed by atoms with E-state index in [1.165, 1.54) is 0 Å². The maximum atomic E-state index is 12.6. The molecule has 0 aromatic heterocycles. The first-order valence-electron chi connectivity index (χ1n) is 7.27. The Balaban J connectivity index is 2.07. The molecule has 1 atom stereocenters. The molecule has 0 saturated heterocycles. The molecule has 1 amide bonds. The molecule has 2 N–H and O–H groups in total. The summed E-state index contributed by atoms with van der Waals surface area (Å²) in [4.78, 5) is 23.4. The summed E-state index contributed by atoms with van der Waals surface area (Å²) in [6.07, 6.45) is 3.17. The fourth-order valence-corrected chi connectivity index (χ4v) is 2.91. The van der Waals surface area contributed by atoms with Gasteiger partial charge in [-0.25, -0.2) is 0 Å². The summed E-state index contributed by atoms with van der Waals surface area (Å²) in [5.74, 6) is -0.910. The molecule has 1 aliphatic rings. The number of carboxylic acids is 1. The fourth-order valence-electron chi connectivity index (χ4n) is 2.65. The van der Waals surface area contributed by atoms with Crippen LogP contribution >= 0.6 is 15.9 Å². The Kier molecular flexibility index (Phi) is 5.04. The van der Waals surface area contributed by atoms with Crippen LogP contribution in [0.15, 0.2) is 28.7 Å². The molecular weight excluding hydrogens is 334 g/mol. The quantitative estimate of drug-likeness (QED) is 0.790. The van der Waals surface area contributed by atoms with Crippen molar-refractivity contribution in [3.63, 3.8) is 0 Å². The Hall–Kier alpha value is -1.36. The van der Waals surface area contributed by atoms with Crippen LogP contribution in [0.25, 0.3) is 0 Å². The third-order valence-electron chi connectivity index (χ3n) is 3.97. The summed E-state index contributed by atoms with van der Waals surface area (Å²) in [5.41, 5.74) is 0.555. The van der Waals surface area contributed by atoms with Crippen LogP contribution in [-0.2, 0) is 15.0 Å². The van der Waals surface area contributed by atoms with E-state index in [9.17, 15) is 9.59 Å². The normalized spacial score (nSPS) is 17.0. The van der Waals surface area contributed by atoms with Crippen LogP contribution in [0, 0.1) is 0 Å². The van der Waals surface area contributed by atoms with Crippen molar-refractivity contribution in [3.05, 3.63) is 34.3 Å². The zero-order valence-electron chi connectivity index (χ0n) is 12.1. The number of hydrogen-bond acceptors (Lipinski definition) is 2. The molecule has 1 aliphatic carbocycles. The number of benzene rings is 1. The van der Waals surface area contributed by atoms with E-state index in [1.54, 1.807) is 0 Å². The second-order valence-corrected chi connectivity index (χ2v) is 6.56. The summed E-state index contributed by atoms with van der Waals surface area (Å²) >= 11 is 3.39. The van der Waals surface area contributed by atoms with Gasteiger partial charge in [0.05, 0.1) is 11.8 Å². The first kappa shape index (κ1) is 16.0. The number of carbonyl (C=O) groups excluding carboxylic acids is 1. The van der Waals surface area contributed by atoms with Crippen molar-refractivity contribution in [3.8, 4) is 0 Å². The van der Waals surface area contributed by atoms with Crippen molar-refractivity contribution in [1.29, 1.82) is 0 Å². The summed E-state index contributed by atoms with van der Waals surface area (Å²) in [5, 5.41) is 11.9. The summed E-state index contributed by atoms with van der Waals surface area (Å²) in [7, 11) is 0. The molecule has 0 spiro atoms. The highest BCUT2D eigenvalue weighted by atomic mass is 79.9. The second-order valence-electron chi connectivity index (χ2n) is 5.65. The molecule has 1 unspecified atom stereocenters. The van der Waals surface area contributed by atoms with Gasteiger partial charge in [-0.05, 0) is 37.0 Å². The van der Waals surface area contributed by atoms with E-state index in [0.29, 0.717) is 6.42 Å². The molecule has 0 radical (unpaired) electrons. The van der Waals surface area contributed by atoms with Gasteiger partial charge in [0.15, 0.2) is 0 Å². The highest BCUT2D eigenvalue weighted by Gasteiger charge is 2.51. The van der Waals surface area contributed by atoms with E-state index in [1.807, 2.05) is 31.2 Å². The van der Waals surface area contributed by atoms with Gasteiger partial charge in [-0.15, -0.1) is 0 Å². The molecule has 21 heavy (non-hydrogen) atoms. The molecule has 5 heteroatoms. The fraction of sp³-hybridized carbons (Fsp3) is 0.500. The highest BCUT2D eigenvalue weighted by molar-refractivity contribution is 9.10. The second kappa shape index (κ2) is 6.60. The number of rotatable bonds is 7. The Bertz CT molecular complexity index is 523. The van der Waals surface area contributed by atoms with Crippen LogP contribution in [0.4, 0.5) is 0 Å². The Labute approximate surface area is 133 Å². The summed E-state index contributed by atoms with van der Waals surface area (Å²) in [6, 6.07) is 7.51. The molecule has 0 heterocycles. The maximum Gasteiger partial charge on any atom is 0.305 e. The van der Waals surface area contributed by atoms with Gasteiger partial charge in [0.1, 0.15) is 0 Å². The standard InChI is InChI=1S/C16H20BrNO3/c1-2-3-13(10-14(19)20)18-15(21)16(8-9-16)11-4-6-12(17)7-5-11/h4-7,13H,2-3,8-10H2,1H3,(H,18,21)(H,19,20). The van der Waals surface area contributed by atoms with E-state index < -0.39 is 11.4 Å². The third kappa shape index (κ3) is 3.84. The molecule has 0 bridgehead atoms. The number of nitrogens with one attached hydrogen (secondary N) is 1. The van der Waals surface area contributed by atoms with Crippen molar-refractivity contribution < 1.29 is 14.7 Å². The Morgan fingerprint density at radius 2 is 1.95 bits per heavy atom. The largest absolute Gasteiger partial charge is 0.481 e. The van der Waals surface area contributed by atoms with Crippen molar-refractivity contribution in [1.82, 2.24) is 5.32 Å². The average molecular weight is 354 g/mol. The lowest BCUT2D eigenvalue weighted by Crippen LogP contribution is -2.42.